The number of fused-ring (bicyclic) bond motifs is 1. The maximum atomic E-state index is 12.7. The van der Waals surface area contributed by atoms with Crippen molar-refractivity contribution >= 4 is 18.0 Å². The molecule has 1 saturated heterocycles. The highest BCUT2D eigenvalue weighted by Gasteiger charge is 2.36. The minimum atomic E-state index is -0.829. The monoisotopic (exact) mass is 301 g/mol. The number of ether oxygens (including phenoxy) is 1. The summed E-state index contributed by atoms with van der Waals surface area (Å²) < 4.78 is 5.63. The second-order valence-corrected chi connectivity index (χ2v) is 5.82. The molecule has 0 radical (unpaired) electrons. The summed E-state index contributed by atoms with van der Waals surface area (Å²) in [6.45, 7) is 2.65. The number of carboxylic acid groups (broad SMARTS) is 1. The normalized spacial score (nSPS) is 24.0. The standard InChI is InChI=1S/C17H19NO4/c1-11-14(17(20)21)6-4-8-18(11)16(19)13-9-12-5-2-3-7-15(12)22-10-13/h2-3,5,7,9,11,14H,4,6,8,10H2,1H3,(H,20,21)/t11-,14-/m1/s1. The quantitative estimate of drug-likeness (QED) is 0.909. The first-order valence-electron chi connectivity index (χ1n) is 7.54. The third kappa shape index (κ3) is 2.58. The number of hydrogen-bond donors (Lipinski definition) is 1. The van der Waals surface area contributed by atoms with Crippen LogP contribution >= 0.6 is 0 Å². The van der Waals surface area contributed by atoms with Gasteiger partial charge in [0.05, 0.1) is 11.5 Å². The molecule has 2 aliphatic heterocycles. The summed E-state index contributed by atoms with van der Waals surface area (Å²) in [5, 5.41) is 9.27. The molecule has 3 rings (SSSR count). The van der Waals surface area contributed by atoms with Crippen LogP contribution in [-0.4, -0.2) is 41.1 Å². The number of nitrogens with zero attached hydrogens (tertiary/aromatic N) is 1. The van der Waals surface area contributed by atoms with Crippen LogP contribution in [0, 0.1) is 5.92 Å². The van der Waals surface area contributed by atoms with Crippen molar-refractivity contribution in [2.24, 2.45) is 5.92 Å². The fourth-order valence-corrected chi connectivity index (χ4v) is 3.18. The Labute approximate surface area is 129 Å². The van der Waals surface area contributed by atoms with Crippen LogP contribution in [-0.2, 0) is 9.59 Å². The van der Waals surface area contributed by atoms with Gasteiger partial charge >= 0.3 is 5.97 Å². The zero-order valence-corrected chi connectivity index (χ0v) is 12.5. The largest absolute Gasteiger partial charge is 0.488 e. The second-order valence-electron chi connectivity index (χ2n) is 5.82. The lowest BCUT2D eigenvalue weighted by atomic mass is 9.89. The van der Waals surface area contributed by atoms with Crippen molar-refractivity contribution < 1.29 is 19.4 Å². The Morgan fingerprint density at radius 1 is 1.32 bits per heavy atom. The van der Waals surface area contributed by atoms with Crippen LogP contribution in [0.3, 0.4) is 0 Å². The molecule has 2 heterocycles. The predicted molar refractivity (Wildman–Crippen MR) is 81.4 cm³/mol. The van der Waals surface area contributed by atoms with E-state index in [1.807, 2.05) is 37.3 Å². The second kappa shape index (κ2) is 5.83. The lowest BCUT2D eigenvalue weighted by Gasteiger charge is -2.38. The van der Waals surface area contributed by atoms with Gasteiger partial charge in [0, 0.05) is 18.2 Å². The van der Waals surface area contributed by atoms with E-state index in [2.05, 4.69) is 0 Å². The van der Waals surface area contributed by atoms with Gasteiger partial charge in [-0.05, 0) is 31.9 Å². The van der Waals surface area contributed by atoms with Gasteiger partial charge < -0.3 is 14.7 Å². The van der Waals surface area contributed by atoms with E-state index in [9.17, 15) is 14.7 Å². The molecule has 5 heteroatoms. The molecule has 5 nitrogen and oxygen atoms in total. The zero-order chi connectivity index (χ0) is 15.7. The van der Waals surface area contributed by atoms with Crippen LogP contribution in [0.2, 0.25) is 0 Å². The molecule has 1 amide bonds. The van der Waals surface area contributed by atoms with Crippen LogP contribution in [0.5, 0.6) is 5.75 Å². The van der Waals surface area contributed by atoms with E-state index in [0.29, 0.717) is 18.5 Å². The third-order valence-electron chi connectivity index (χ3n) is 4.47. The molecule has 1 fully saturated rings. The lowest BCUT2D eigenvalue weighted by Crippen LogP contribution is -2.50. The Hall–Kier alpha value is -2.30. The first-order valence-corrected chi connectivity index (χ1v) is 7.54. The number of carbonyl (C=O) groups is 2. The average molecular weight is 301 g/mol. The first kappa shape index (κ1) is 14.6. The maximum Gasteiger partial charge on any atom is 0.308 e. The Morgan fingerprint density at radius 2 is 2.09 bits per heavy atom. The summed E-state index contributed by atoms with van der Waals surface area (Å²) >= 11 is 0. The predicted octanol–water partition coefficient (Wildman–Crippen LogP) is 2.17. The SMILES string of the molecule is C[C@@H]1[C@H](C(=O)O)CCCN1C(=O)C1=Cc2ccccc2OC1. The number of para-hydroxylation sites is 1. The van der Waals surface area contributed by atoms with E-state index in [1.165, 1.54) is 0 Å². The van der Waals surface area contributed by atoms with Gasteiger partial charge in [-0.15, -0.1) is 0 Å². The molecule has 2 aliphatic rings. The van der Waals surface area contributed by atoms with Crippen molar-refractivity contribution in [3.05, 3.63) is 35.4 Å². The Bertz CT molecular complexity index is 637. The fourth-order valence-electron chi connectivity index (χ4n) is 3.18. The van der Waals surface area contributed by atoms with Crippen LogP contribution in [0.1, 0.15) is 25.3 Å². The van der Waals surface area contributed by atoms with E-state index in [1.54, 1.807) is 4.90 Å². The summed E-state index contributed by atoms with van der Waals surface area (Å²) in [5.74, 6) is -0.665. The topological polar surface area (TPSA) is 66.8 Å². The molecular weight excluding hydrogens is 282 g/mol. The average Bonchev–Trinajstić information content (AvgIpc) is 2.53. The van der Waals surface area contributed by atoms with Crippen LogP contribution in [0.15, 0.2) is 29.8 Å². The number of likely N-dealkylation sites (tertiary alicyclic amines) is 1. The van der Waals surface area contributed by atoms with E-state index in [0.717, 1.165) is 17.7 Å². The first-order chi connectivity index (χ1) is 10.6. The van der Waals surface area contributed by atoms with Gasteiger partial charge in [0.15, 0.2) is 0 Å². The summed E-state index contributed by atoms with van der Waals surface area (Å²) in [5.41, 5.74) is 1.47. The highest BCUT2D eigenvalue weighted by atomic mass is 16.5. The Kier molecular flexibility index (Phi) is 3.88. The molecule has 1 aromatic carbocycles. The number of carbonyl (C=O) groups excluding carboxylic acids is 1. The van der Waals surface area contributed by atoms with Gasteiger partial charge in [0.1, 0.15) is 12.4 Å². The maximum absolute atomic E-state index is 12.7. The van der Waals surface area contributed by atoms with Gasteiger partial charge in [-0.25, -0.2) is 0 Å². The molecule has 1 aromatic rings. The van der Waals surface area contributed by atoms with E-state index in [-0.39, 0.29) is 18.6 Å². The van der Waals surface area contributed by atoms with Crippen LogP contribution in [0.25, 0.3) is 6.08 Å². The molecule has 0 saturated carbocycles. The summed E-state index contributed by atoms with van der Waals surface area (Å²) in [4.78, 5) is 25.7. The number of rotatable bonds is 2. The van der Waals surface area contributed by atoms with Gasteiger partial charge in [-0.1, -0.05) is 18.2 Å². The van der Waals surface area contributed by atoms with Crippen molar-refractivity contribution in [1.29, 1.82) is 0 Å². The van der Waals surface area contributed by atoms with E-state index < -0.39 is 11.9 Å². The third-order valence-corrected chi connectivity index (χ3v) is 4.47. The van der Waals surface area contributed by atoms with Crippen LogP contribution in [0.4, 0.5) is 0 Å². The summed E-state index contributed by atoms with van der Waals surface area (Å²) in [6.07, 6.45) is 3.19. The minimum Gasteiger partial charge on any atom is -0.488 e. The smallest absolute Gasteiger partial charge is 0.308 e. The van der Waals surface area contributed by atoms with E-state index in [4.69, 9.17) is 4.74 Å². The number of amides is 1. The summed E-state index contributed by atoms with van der Waals surface area (Å²) in [7, 11) is 0. The molecule has 0 aromatic heterocycles. The van der Waals surface area contributed by atoms with Crippen molar-refractivity contribution in [3.63, 3.8) is 0 Å². The number of aliphatic carboxylic acids is 1. The molecule has 1 N–H and O–H groups in total. The minimum absolute atomic E-state index is 0.118. The molecule has 116 valence electrons. The number of benzene rings is 1. The van der Waals surface area contributed by atoms with Gasteiger partial charge in [0.2, 0.25) is 0 Å². The molecule has 0 aliphatic carbocycles. The number of hydrogen-bond acceptors (Lipinski definition) is 3. The molecule has 0 unspecified atom stereocenters. The summed E-state index contributed by atoms with van der Waals surface area (Å²) in [6, 6.07) is 7.27. The van der Waals surface area contributed by atoms with Gasteiger partial charge in [-0.2, -0.15) is 0 Å². The molecule has 22 heavy (non-hydrogen) atoms. The van der Waals surface area contributed by atoms with Crippen molar-refractivity contribution in [3.8, 4) is 5.75 Å². The lowest BCUT2D eigenvalue weighted by molar-refractivity contribution is -0.148. The molecule has 0 spiro atoms. The Morgan fingerprint density at radius 3 is 2.86 bits per heavy atom. The molecular formula is C17H19NO4. The zero-order valence-electron chi connectivity index (χ0n) is 12.5. The highest BCUT2D eigenvalue weighted by Crippen LogP contribution is 2.29. The van der Waals surface area contributed by atoms with Gasteiger partial charge in [-0.3, -0.25) is 9.59 Å². The fraction of sp³-hybridized carbons (Fsp3) is 0.412. The number of piperidine rings is 1. The van der Waals surface area contributed by atoms with E-state index >= 15 is 0 Å². The van der Waals surface area contributed by atoms with Crippen molar-refractivity contribution in [2.75, 3.05) is 13.2 Å². The highest BCUT2D eigenvalue weighted by molar-refractivity contribution is 5.99. The Balaban J connectivity index is 1.82. The van der Waals surface area contributed by atoms with Crippen molar-refractivity contribution in [1.82, 2.24) is 4.90 Å². The molecule has 2 atom stereocenters. The number of carboxylic acids is 1. The van der Waals surface area contributed by atoms with Gasteiger partial charge in [0.25, 0.3) is 5.91 Å². The van der Waals surface area contributed by atoms with Crippen LogP contribution < -0.4 is 4.74 Å². The molecule has 0 bridgehead atoms. The van der Waals surface area contributed by atoms with Crippen molar-refractivity contribution in [2.45, 2.75) is 25.8 Å².